The van der Waals surface area contributed by atoms with Crippen LogP contribution in [0.5, 0.6) is 0 Å². The molecule has 0 fully saturated rings. The molecule has 0 saturated carbocycles. The van der Waals surface area contributed by atoms with Crippen LogP contribution in [0, 0.1) is 12.7 Å². The monoisotopic (exact) mass is 263 g/mol. The summed E-state index contributed by atoms with van der Waals surface area (Å²) in [6, 6.07) is 0. The summed E-state index contributed by atoms with van der Waals surface area (Å²) in [5, 5.41) is 4.44. The predicted octanol–water partition coefficient (Wildman–Crippen LogP) is 2.20. The molecule has 0 aliphatic heterocycles. The summed E-state index contributed by atoms with van der Waals surface area (Å²) in [5.41, 5.74) is 7.30. The van der Waals surface area contributed by atoms with E-state index in [1.807, 2.05) is 13.2 Å². The lowest BCUT2D eigenvalue weighted by molar-refractivity contribution is 0.553. The minimum atomic E-state index is -0.565. The Labute approximate surface area is 111 Å². The van der Waals surface area contributed by atoms with Gasteiger partial charge >= 0.3 is 0 Å². The largest absolute Gasteiger partial charge is 0.381 e. The third kappa shape index (κ3) is 2.43. The summed E-state index contributed by atoms with van der Waals surface area (Å²) in [5.74, 6) is -0.286. The van der Waals surface area contributed by atoms with E-state index in [1.54, 1.807) is 11.6 Å². The summed E-state index contributed by atoms with van der Waals surface area (Å²) >= 11 is 0. The number of anilines is 1. The molecule has 2 rings (SSSR count). The summed E-state index contributed by atoms with van der Waals surface area (Å²) in [6.45, 7) is 7.74. The number of nitrogen functional groups attached to an aromatic ring is 1. The van der Waals surface area contributed by atoms with Crippen molar-refractivity contribution in [3.05, 3.63) is 23.4 Å². The van der Waals surface area contributed by atoms with E-state index in [0.717, 1.165) is 11.3 Å². The second kappa shape index (κ2) is 4.29. The SMILES string of the molecule is Cc1nc(-c2cn(C)nc2C(C)(C)C)nc(N)c1F. The van der Waals surface area contributed by atoms with Gasteiger partial charge in [-0.15, -0.1) is 0 Å². The standard InChI is InChI=1S/C13H18FN5/c1-7-9(14)11(15)17-12(16-7)8-6-19(5)18-10(8)13(2,3)4/h6H,1-5H3,(H2,15,16,17). The minimum Gasteiger partial charge on any atom is -0.381 e. The summed E-state index contributed by atoms with van der Waals surface area (Å²) in [4.78, 5) is 8.20. The molecule has 2 heterocycles. The minimum absolute atomic E-state index is 0.133. The van der Waals surface area contributed by atoms with Gasteiger partial charge in [-0.1, -0.05) is 20.8 Å². The Morgan fingerprint density at radius 3 is 2.42 bits per heavy atom. The van der Waals surface area contributed by atoms with Gasteiger partial charge in [-0.2, -0.15) is 5.10 Å². The first-order valence-corrected chi connectivity index (χ1v) is 6.04. The summed E-state index contributed by atoms with van der Waals surface area (Å²) < 4.78 is 15.2. The molecular weight excluding hydrogens is 245 g/mol. The molecule has 0 saturated heterocycles. The van der Waals surface area contributed by atoms with E-state index in [-0.39, 0.29) is 16.9 Å². The van der Waals surface area contributed by atoms with Gasteiger partial charge in [0.2, 0.25) is 0 Å². The van der Waals surface area contributed by atoms with Gasteiger partial charge in [0.1, 0.15) is 0 Å². The number of rotatable bonds is 1. The lowest BCUT2D eigenvalue weighted by atomic mass is 9.89. The normalized spacial score (nSPS) is 11.9. The zero-order chi connectivity index (χ0) is 14.4. The molecule has 0 bridgehead atoms. The molecule has 0 aliphatic rings. The van der Waals surface area contributed by atoms with Crippen molar-refractivity contribution in [1.82, 2.24) is 19.7 Å². The first kappa shape index (κ1) is 13.5. The second-order valence-corrected chi connectivity index (χ2v) is 5.65. The number of aromatic nitrogens is 4. The Morgan fingerprint density at radius 1 is 1.26 bits per heavy atom. The highest BCUT2D eigenvalue weighted by Crippen LogP contribution is 2.30. The van der Waals surface area contributed by atoms with Crippen molar-refractivity contribution >= 4 is 5.82 Å². The number of aryl methyl sites for hydroxylation is 2. The fraction of sp³-hybridized carbons (Fsp3) is 0.462. The average molecular weight is 263 g/mol. The van der Waals surface area contributed by atoms with E-state index in [2.05, 4.69) is 35.8 Å². The zero-order valence-corrected chi connectivity index (χ0v) is 11.8. The van der Waals surface area contributed by atoms with Gasteiger partial charge < -0.3 is 5.73 Å². The lowest BCUT2D eigenvalue weighted by Gasteiger charge is -2.17. The van der Waals surface area contributed by atoms with E-state index in [9.17, 15) is 4.39 Å². The van der Waals surface area contributed by atoms with Crippen LogP contribution < -0.4 is 5.73 Å². The molecule has 0 aliphatic carbocycles. The Balaban J connectivity index is 2.66. The average Bonchev–Trinajstić information content (AvgIpc) is 2.67. The number of nitrogens with zero attached hydrogens (tertiary/aromatic N) is 4. The van der Waals surface area contributed by atoms with Crippen LogP contribution in [0.15, 0.2) is 6.20 Å². The predicted molar refractivity (Wildman–Crippen MR) is 72.0 cm³/mol. The van der Waals surface area contributed by atoms with E-state index < -0.39 is 5.82 Å². The van der Waals surface area contributed by atoms with Crippen molar-refractivity contribution in [2.75, 3.05) is 5.73 Å². The van der Waals surface area contributed by atoms with Crippen LogP contribution in [0.2, 0.25) is 0 Å². The van der Waals surface area contributed by atoms with Crippen LogP contribution in [0.3, 0.4) is 0 Å². The summed E-state index contributed by atoms with van der Waals surface area (Å²) in [7, 11) is 1.83. The van der Waals surface area contributed by atoms with Crippen LogP contribution in [0.1, 0.15) is 32.2 Å². The molecule has 0 spiro atoms. The van der Waals surface area contributed by atoms with Gasteiger partial charge in [0, 0.05) is 18.7 Å². The maximum Gasteiger partial charge on any atom is 0.186 e. The van der Waals surface area contributed by atoms with Crippen LogP contribution in [0.25, 0.3) is 11.4 Å². The maximum atomic E-state index is 13.5. The van der Waals surface area contributed by atoms with Gasteiger partial charge in [0.05, 0.1) is 17.0 Å². The number of hydrogen-bond donors (Lipinski definition) is 1. The highest BCUT2D eigenvalue weighted by atomic mass is 19.1. The van der Waals surface area contributed by atoms with E-state index in [4.69, 9.17) is 5.73 Å². The summed E-state index contributed by atoms with van der Waals surface area (Å²) in [6.07, 6.45) is 1.83. The molecule has 0 aromatic carbocycles. The number of nitrogens with two attached hydrogens (primary N) is 1. The fourth-order valence-electron chi connectivity index (χ4n) is 1.91. The molecule has 6 heteroatoms. The maximum absolute atomic E-state index is 13.5. The van der Waals surface area contributed by atoms with Crippen molar-refractivity contribution < 1.29 is 4.39 Å². The van der Waals surface area contributed by atoms with Gasteiger partial charge in [-0.05, 0) is 6.92 Å². The highest BCUT2D eigenvalue weighted by molar-refractivity contribution is 5.61. The third-order valence-corrected chi connectivity index (χ3v) is 2.82. The molecule has 0 unspecified atom stereocenters. The van der Waals surface area contributed by atoms with Gasteiger partial charge in [0.15, 0.2) is 17.5 Å². The smallest absolute Gasteiger partial charge is 0.186 e. The van der Waals surface area contributed by atoms with E-state index >= 15 is 0 Å². The van der Waals surface area contributed by atoms with Crippen molar-refractivity contribution in [2.24, 2.45) is 7.05 Å². The van der Waals surface area contributed by atoms with E-state index in [1.165, 1.54) is 0 Å². The topological polar surface area (TPSA) is 69.6 Å². The molecule has 19 heavy (non-hydrogen) atoms. The van der Waals surface area contributed by atoms with Crippen molar-refractivity contribution in [3.8, 4) is 11.4 Å². The van der Waals surface area contributed by atoms with Crippen molar-refractivity contribution in [2.45, 2.75) is 33.1 Å². The van der Waals surface area contributed by atoms with Gasteiger partial charge in [0.25, 0.3) is 0 Å². The van der Waals surface area contributed by atoms with Crippen LogP contribution in [-0.4, -0.2) is 19.7 Å². The highest BCUT2D eigenvalue weighted by Gasteiger charge is 2.25. The molecule has 0 amide bonds. The van der Waals surface area contributed by atoms with Crippen molar-refractivity contribution in [1.29, 1.82) is 0 Å². The first-order chi connectivity index (χ1) is 8.70. The molecule has 5 nitrogen and oxygen atoms in total. The van der Waals surface area contributed by atoms with Crippen LogP contribution >= 0.6 is 0 Å². The quantitative estimate of drug-likeness (QED) is 0.856. The Hall–Kier alpha value is -1.98. The third-order valence-electron chi connectivity index (χ3n) is 2.82. The molecule has 102 valence electrons. The Morgan fingerprint density at radius 2 is 1.89 bits per heavy atom. The first-order valence-electron chi connectivity index (χ1n) is 6.04. The van der Waals surface area contributed by atoms with Crippen LogP contribution in [-0.2, 0) is 12.5 Å². The fourth-order valence-corrected chi connectivity index (χ4v) is 1.91. The number of hydrogen-bond acceptors (Lipinski definition) is 4. The molecular formula is C13H18FN5. The molecule has 0 atom stereocenters. The lowest BCUT2D eigenvalue weighted by Crippen LogP contribution is -2.14. The Kier molecular flexibility index (Phi) is 3.04. The Bertz CT molecular complexity index is 601. The van der Waals surface area contributed by atoms with Gasteiger partial charge in [-0.25, -0.2) is 14.4 Å². The number of halogens is 1. The van der Waals surface area contributed by atoms with Gasteiger partial charge in [-0.3, -0.25) is 4.68 Å². The molecule has 2 aromatic rings. The molecule has 2 N–H and O–H groups in total. The molecule has 0 radical (unpaired) electrons. The second-order valence-electron chi connectivity index (χ2n) is 5.65. The van der Waals surface area contributed by atoms with E-state index in [0.29, 0.717) is 5.82 Å². The van der Waals surface area contributed by atoms with Crippen LogP contribution in [0.4, 0.5) is 10.2 Å². The van der Waals surface area contributed by atoms with Crippen molar-refractivity contribution in [3.63, 3.8) is 0 Å². The molecule has 2 aromatic heterocycles. The zero-order valence-electron chi connectivity index (χ0n) is 11.8.